The van der Waals surface area contributed by atoms with Gasteiger partial charge in [-0.15, -0.1) is 0 Å². The van der Waals surface area contributed by atoms with Crippen molar-refractivity contribution in [1.82, 2.24) is 5.32 Å². The quantitative estimate of drug-likeness (QED) is 0.681. The Labute approximate surface area is 131 Å². The minimum atomic E-state index is -0.125. The number of hydrogen-bond donors (Lipinski definition) is 3. The normalized spacial score (nSPS) is 18.4. The van der Waals surface area contributed by atoms with Crippen molar-refractivity contribution >= 4 is 0 Å². The number of aliphatic hydroxyl groups is 2. The van der Waals surface area contributed by atoms with Crippen LogP contribution in [0.25, 0.3) is 0 Å². The molecule has 0 spiro atoms. The van der Waals surface area contributed by atoms with Gasteiger partial charge in [-0.1, -0.05) is 30.4 Å². The van der Waals surface area contributed by atoms with Crippen LogP contribution >= 0.6 is 0 Å². The van der Waals surface area contributed by atoms with Crippen LogP contribution in [0.5, 0.6) is 0 Å². The molecule has 1 aliphatic carbocycles. The molecular formula is C18H35NO2. The first-order chi connectivity index (χ1) is 9.99. The second-order valence-corrected chi connectivity index (χ2v) is 6.03. The SMILES string of the molecule is CNCC(C)=C(C)C(C)=C(C)C1CCCCC1.OCCO. The number of hydrogen-bond acceptors (Lipinski definition) is 3. The molecule has 3 nitrogen and oxygen atoms in total. The summed E-state index contributed by atoms with van der Waals surface area (Å²) in [6, 6.07) is 0. The van der Waals surface area contributed by atoms with Gasteiger partial charge < -0.3 is 15.5 Å². The molecule has 0 amide bonds. The van der Waals surface area contributed by atoms with Crippen LogP contribution in [0.3, 0.4) is 0 Å². The third kappa shape index (κ3) is 7.79. The Morgan fingerprint density at radius 3 is 1.86 bits per heavy atom. The Hall–Kier alpha value is -0.640. The number of nitrogens with one attached hydrogen (secondary N) is 1. The first-order valence-corrected chi connectivity index (χ1v) is 8.19. The Bertz CT molecular complexity index is 337. The van der Waals surface area contributed by atoms with Gasteiger partial charge in [-0.2, -0.15) is 0 Å². The van der Waals surface area contributed by atoms with Gasteiger partial charge in [0, 0.05) is 6.54 Å². The molecule has 1 saturated carbocycles. The molecule has 0 bridgehead atoms. The van der Waals surface area contributed by atoms with Crippen molar-refractivity contribution in [2.45, 2.75) is 59.8 Å². The topological polar surface area (TPSA) is 52.5 Å². The molecule has 3 heteroatoms. The fourth-order valence-corrected chi connectivity index (χ4v) is 2.86. The molecule has 0 unspecified atom stereocenters. The van der Waals surface area contributed by atoms with E-state index < -0.39 is 0 Å². The fourth-order valence-electron chi connectivity index (χ4n) is 2.86. The Morgan fingerprint density at radius 1 is 0.905 bits per heavy atom. The van der Waals surface area contributed by atoms with Crippen LogP contribution in [-0.4, -0.2) is 37.0 Å². The van der Waals surface area contributed by atoms with Gasteiger partial charge in [0.15, 0.2) is 0 Å². The molecule has 0 aromatic rings. The van der Waals surface area contributed by atoms with E-state index in [1.807, 2.05) is 7.05 Å². The third-order valence-electron chi connectivity index (χ3n) is 4.55. The Kier molecular flexibility index (Phi) is 11.6. The zero-order chi connectivity index (χ0) is 16.3. The van der Waals surface area contributed by atoms with Gasteiger partial charge in [-0.05, 0) is 64.6 Å². The van der Waals surface area contributed by atoms with Crippen LogP contribution in [0.4, 0.5) is 0 Å². The lowest BCUT2D eigenvalue weighted by atomic mass is 9.81. The highest BCUT2D eigenvalue weighted by Gasteiger charge is 2.17. The van der Waals surface area contributed by atoms with E-state index in [1.54, 1.807) is 5.57 Å². The van der Waals surface area contributed by atoms with E-state index in [4.69, 9.17) is 10.2 Å². The molecular weight excluding hydrogens is 262 g/mol. The number of likely N-dealkylation sites (N-methyl/N-ethyl adjacent to an activating group) is 1. The predicted molar refractivity (Wildman–Crippen MR) is 91.4 cm³/mol. The second kappa shape index (κ2) is 12.0. The molecule has 124 valence electrons. The molecule has 21 heavy (non-hydrogen) atoms. The summed E-state index contributed by atoms with van der Waals surface area (Å²) in [5.41, 5.74) is 6.13. The molecule has 0 aromatic carbocycles. The van der Waals surface area contributed by atoms with Crippen LogP contribution in [0, 0.1) is 5.92 Å². The van der Waals surface area contributed by atoms with Crippen molar-refractivity contribution in [1.29, 1.82) is 0 Å². The summed E-state index contributed by atoms with van der Waals surface area (Å²) < 4.78 is 0. The lowest BCUT2D eigenvalue weighted by molar-refractivity contribution is 0.186. The van der Waals surface area contributed by atoms with Crippen molar-refractivity contribution in [3.63, 3.8) is 0 Å². The predicted octanol–water partition coefficient (Wildman–Crippen LogP) is 3.43. The molecule has 3 N–H and O–H groups in total. The minimum absolute atomic E-state index is 0.125. The summed E-state index contributed by atoms with van der Waals surface area (Å²) in [4.78, 5) is 0. The van der Waals surface area contributed by atoms with Gasteiger partial charge in [0.2, 0.25) is 0 Å². The molecule has 1 aliphatic rings. The number of rotatable bonds is 5. The van der Waals surface area contributed by atoms with Crippen molar-refractivity contribution < 1.29 is 10.2 Å². The molecule has 0 aliphatic heterocycles. The van der Waals surface area contributed by atoms with E-state index in [-0.39, 0.29) is 13.2 Å². The summed E-state index contributed by atoms with van der Waals surface area (Å²) in [6.07, 6.45) is 7.10. The Morgan fingerprint density at radius 2 is 1.43 bits per heavy atom. The molecule has 0 aromatic heterocycles. The van der Waals surface area contributed by atoms with Crippen molar-refractivity contribution in [2.24, 2.45) is 5.92 Å². The van der Waals surface area contributed by atoms with E-state index in [2.05, 4.69) is 33.0 Å². The first kappa shape index (κ1) is 20.4. The van der Waals surface area contributed by atoms with Crippen molar-refractivity contribution in [3.8, 4) is 0 Å². The highest BCUT2D eigenvalue weighted by Crippen LogP contribution is 2.33. The molecule has 0 radical (unpaired) electrons. The average Bonchev–Trinajstić information content (AvgIpc) is 2.54. The van der Waals surface area contributed by atoms with Crippen LogP contribution in [-0.2, 0) is 0 Å². The van der Waals surface area contributed by atoms with Crippen molar-refractivity contribution in [3.05, 3.63) is 22.3 Å². The van der Waals surface area contributed by atoms with E-state index in [9.17, 15) is 0 Å². The summed E-state index contributed by atoms with van der Waals surface area (Å²) in [6.45, 7) is 9.92. The average molecular weight is 297 g/mol. The standard InChI is InChI=1S/C16H29N.C2H6O2/c1-12(11-17-5)13(2)14(3)15(4)16-9-7-6-8-10-16;3-1-2-4/h16-17H,6-11H2,1-5H3;3-4H,1-2H2. The maximum absolute atomic E-state index is 7.62. The molecule has 1 rings (SSSR count). The van der Waals surface area contributed by atoms with E-state index in [1.165, 1.54) is 48.8 Å². The van der Waals surface area contributed by atoms with Gasteiger partial charge >= 0.3 is 0 Å². The largest absolute Gasteiger partial charge is 0.394 e. The fraction of sp³-hybridized carbons (Fsp3) is 0.778. The molecule has 0 saturated heterocycles. The van der Waals surface area contributed by atoms with Gasteiger partial charge in [0.25, 0.3) is 0 Å². The van der Waals surface area contributed by atoms with Crippen LogP contribution in [0.1, 0.15) is 59.8 Å². The summed E-state index contributed by atoms with van der Waals surface area (Å²) >= 11 is 0. The zero-order valence-corrected chi connectivity index (χ0v) is 14.6. The number of allylic oxidation sites excluding steroid dienone is 3. The van der Waals surface area contributed by atoms with E-state index in [0.29, 0.717) is 0 Å². The highest BCUT2D eigenvalue weighted by molar-refractivity contribution is 5.36. The zero-order valence-electron chi connectivity index (χ0n) is 14.6. The maximum atomic E-state index is 7.62. The highest BCUT2D eigenvalue weighted by atomic mass is 16.3. The molecule has 1 fully saturated rings. The van der Waals surface area contributed by atoms with Crippen LogP contribution < -0.4 is 5.32 Å². The van der Waals surface area contributed by atoms with Gasteiger partial charge in [-0.3, -0.25) is 0 Å². The van der Waals surface area contributed by atoms with Crippen LogP contribution in [0.2, 0.25) is 0 Å². The maximum Gasteiger partial charge on any atom is 0.0662 e. The molecule has 0 atom stereocenters. The lowest BCUT2D eigenvalue weighted by Gasteiger charge is -2.25. The third-order valence-corrected chi connectivity index (χ3v) is 4.55. The van der Waals surface area contributed by atoms with E-state index >= 15 is 0 Å². The van der Waals surface area contributed by atoms with Gasteiger partial charge in [0.05, 0.1) is 13.2 Å². The minimum Gasteiger partial charge on any atom is -0.394 e. The first-order valence-electron chi connectivity index (χ1n) is 8.19. The lowest BCUT2D eigenvalue weighted by Crippen LogP contribution is -2.12. The van der Waals surface area contributed by atoms with Crippen LogP contribution in [0.15, 0.2) is 22.3 Å². The smallest absolute Gasteiger partial charge is 0.0662 e. The van der Waals surface area contributed by atoms with Gasteiger partial charge in [-0.25, -0.2) is 0 Å². The second-order valence-electron chi connectivity index (χ2n) is 6.03. The Balaban J connectivity index is 0.000000885. The monoisotopic (exact) mass is 297 g/mol. The summed E-state index contributed by atoms with van der Waals surface area (Å²) in [5, 5.41) is 18.5. The number of aliphatic hydroxyl groups excluding tert-OH is 2. The molecule has 0 heterocycles. The van der Waals surface area contributed by atoms with Gasteiger partial charge in [0.1, 0.15) is 0 Å². The summed E-state index contributed by atoms with van der Waals surface area (Å²) in [7, 11) is 2.02. The van der Waals surface area contributed by atoms with E-state index in [0.717, 1.165) is 12.5 Å². The van der Waals surface area contributed by atoms with Crippen molar-refractivity contribution in [2.75, 3.05) is 26.8 Å². The summed E-state index contributed by atoms with van der Waals surface area (Å²) in [5.74, 6) is 0.848.